The molecule has 0 saturated heterocycles. The number of rotatable bonds is 5. The minimum atomic E-state index is -4.55. The highest BCUT2D eigenvalue weighted by Gasteiger charge is 2.33. The molecule has 11 heteroatoms. The summed E-state index contributed by atoms with van der Waals surface area (Å²) >= 11 is 0. The van der Waals surface area contributed by atoms with E-state index in [-0.39, 0.29) is 5.69 Å². The molecule has 1 fully saturated rings. The summed E-state index contributed by atoms with van der Waals surface area (Å²) in [6.07, 6.45) is 2.58. The number of hydrogen-bond donors (Lipinski definition) is 1. The highest BCUT2D eigenvalue weighted by molar-refractivity contribution is 6.03. The van der Waals surface area contributed by atoms with Gasteiger partial charge in [-0.25, -0.2) is 4.98 Å². The molecule has 1 saturated carbocycles. The van der Waals surface area contributed by atoms with Gasteiger partial charge in [0.15, 0.2) is 11.5 Å². The molecular weight excluding hydrogens is 423 g/mol. The number of halogens is 3. The first-order chi connectivity index (χ1) is 15.4. The predicted molar refractivity (Wildman–Crippen MR) is 108 cm³/mol. The van der Waals surface area contributed by atoms with Gasteiger partial charge in [-0.05, 0) is 37.1 Å². The van der Waals surface area contributed by atoms with Crippen LogP contribution in [0.4, 0.5) is 18.9 Å². The van der Waals surface area contributed by atoms with Gasteiger partial charge in [0.2, 0.25) is 0 Å². The molecule has 32 heavy (non-hydrogen) atoms. The van der Waals surface area contributed by atoms with Crippen molar-refractivity contribution in [2.24, 2.45) is 0 Å². The molecule has 3 aromatic heterocycles. The second-order valence-electron chi connectivity index (χ2n) is 7.39. The topological polar surface area (TPSA) is 90.5 Å². The van der Waals surface area contributed by atoms with Gasteiger partial charge in [-0.2, -0.15) is 13.2 Å². The van der Waals surface area contributed by atoms with E-state index in [1.54, 1.807) is 24.5 Å². The molecule has 1 aliphatic rings. The van der Waals surface area contributed by atoms with Gasteiger partial charge in [-0.1, -0.05) is 12.1 Å². The summed E-state index contributed by atoms with van der Waals surface area (Å²) in [4.78, 5) is 20.1. The number of imidazole rings is 1. The summed E-state index contributed by atoms with van der Waals surface area (Å²) in [6, 6.07) is 10.5. The Kier molecular flexibility index (Phi) is 4.72. The summed E-state index contributed by atoms with van der Waals surface area (Å²) < 4.78 is 41.6. The minimum Gasteiger partial charge on any atom is -0.321 e. The normalized spacial score (nSPS) is 13.8. The molecule has 4 aromatic rings. The predicted octanol–water partition coefficient (Wildman–Crippen LogP) is 4.13. The fraction of sp³-hybridized carbons (Fsp3) is 0.190. The largest absolute Gasteiger partial charge is 0.434 e. The van der Waals surface area contributed by atoms with Crippen molar-refractivity contribution in [2.45, 2.75) is 25.1 Å². The van der Waals surface area contributed by atoms with Crippen LogP contribution >= 0.6 is 0 Å². The maximum Gasteiger partial charge on any atom is 0.434 e. The van der Waals surface area contributed by atoms with Crippen molar-refractivity contribution < 1.29 is 18.0 Å². The quantitative estimate of drug-likeness (QED) is 0.505. The smallest absolute Gasteiger partial charge is 0.321 e. The fourth-order valence-corrected chi connectivity index (χ4v) is 3.31. The zero-order valence-electron chi connectivity index (χ0n) is 16.5. The summed E-state index contributed by atoms with van der Waals surface area (Å²) in [7, 11) is 0. The summed E-state index contributed by atoms with van der Waals surface area (Å²) in [5.41, 5.74) is 0.714. The van der Waals surface area contributed by atoms with Crippen molar-refractivity contribution in [3.63, 3.8) is 0 Å². The lowest BCUT2D eigenvalue weighted by Gasteiger charge is -2.09. The molecule has 162 valence electrons. The van der Waals surface area contributed by atoms with Crippen LogP contribution in [0.15, 0.2) is 61.4 Å². The van der Waals surface area contributed by atoms with Crippen LogP contribution in [0.2, 0.25) is 0 Å². The van der Waals surface area contributed by atoms with Crippen LogP contribution in [-0.4, -0.2) is 35.2 Å². The number of hydrogen-bond acceptors (Lipinski definition) is 5. The van der Waals surface area contributed by atoms with Crippen LogP contribution in [-0.2, 0) is 6.18 Å². The van der Waals surface area contributed by atoms with Crippen molar-refractivity contribution in [1.82, 2.24) is 29.3 Å². The number of nitrogens with zero attached hydrogens (tertiary/aromatic N) is 6. The Morgan fingerprint density at radius 2 is 1.94 bits per heavy atom. The van der Waals surface area contributed by atoms with E-state index >= 15 is 0 Å². The number of aromatic nitrogens is 6. The molecule has 0 bridgehead atoms. The number of alkyl halides is 3. The number of pyridine rings is 1. The lowest BCUT2D eigenvalue weighted by atomic mass is 10.2. The highest BCUT2D eigenvalue weighted by atomic mass is 19.4. The van der Waals surface area contributed by atoms with Crippen molar-refractivity contribution in [3.8, 4) is 17.1 Å². The van der Waals surface area contributed by atoms with E-state index in [2.05, 4.69) is 25.5 Å². The molecule has 0 spiro atoms. The van der Waals surface area contributed by atoms with Gasteiger partial charge in [0.25, 0.3) is 5.91 Å². The van der Waals surface area contributed by atoms with Gasteiger partial charge in [0.05, 0.1) is 12.0 Å². The number of benzene rings is 1. The zero-order valence-corrected chi connectivity index (χ0v) is 16.5. The summed E-state index contributed by atoms with van der Waals surface area (Å²) in [5, 5.41) is 11.0. The molecule has 1 aromatic carbocycles. The first-order valence-corrected chi connectivity index (χ1v) is 9.77. The number of anilines is 1. The van der Waals surface area contributed by atoms with Crippen molar-refractivity contribution in [1.29, 1.82) is 0 Å². The lowest BCUT2D eigenvalue weighted by Crippen LogP contribution is -2.14. The average Bonchev–Trinajstić information content (AvgIpc) is 3.28. The molecule has 8 nitrogen and oxygen atoms in total. The van der Waals surface area contributed by atoms with Crippen LogP contribution < -0.4 is 5.32 Å². The first-order valence-electron chi connectivity index (χ1n) is 9.77. The molecule has 0 radical (unpaired) electrons. The van der Waals surface area contributed by atoms with Crippen LogP contribution in [0.5, 0.6) is 0 Å². The Bertz CT molecular complexity index is 1290. The lowest BCUT2D eigenvalue weighted by molar-refractivity contribution is -0.140. The number of carbonyl (C=O) groups excluding carboxylic acids is 1. The van der Waals surface area contributed by atoms with Gasteiger partial charge in [0, 0.05) is 29.7 Å². The van der Waals surface area contributed by atoms with E-state index in [0.717, 1.165) is 36.8 Å². The molecule has 1 N–H and O–H groups in total. The third-order valence-electron chi connectivity index (χ3n) is 5.04. The number of carbonyl (C=O) groups is 1. The first kappa shape index (κ1) is 19.9. The Hall–Kier alpha value is -4.02. The van der Waals surface area contributed by atoms with Crippen molar-refractivity contribution in [3.05, 3.63) is 72.8 Å². The Morgan fingerprint density at radius 1 is 1.09 bits per heavy atom. The van der Waals surface area contributed by atoms with Crippen molar-refractivity contribution in [2.75, 3.05) is 5.32 Å². The number of nitrogens with one attached hydrogen (secondary N) is 1. The Balaban J connectivity index is 1.36. The molecule has 0 atom stereocenters. The molecule has 1 amide bonds. The van der Waals surface area contributed by atoms with E-state index in [9.17, 15) is 18.0 Å². The van der Waals surface area contributed by atoms with Gasteiger partial charge < -0.3 is 14.5 Å². The SMILES string of the molecule is O=C(Nc1cccc(-c2nncn2C2CC2)c1)c1cc(-n2cnc(C(F)(F)F)c2)ccn1. The van der Waals surface area contributed by atoms with Gasteiger partial charge in [0.1, 0.15) is 12.0 Å². The maximum atomic E-state index is 12.8. The second kappa shape index (κ2) is 7.59. The van der Waals surface area contributed by atoms with E-state index < -0.39 is 17.8 Å². The monoisotopic (exact) mass is 439 g/mol. The fourth-order valence-electron chi connectivity index (χ4n) is 3.31. The van der Waals surface area contributed by atoms with E-state index in [1.165, 1.54) is 22.9 Å². The van der Waals surface area contributed by atoms with Crippen molar-refractivity contribution >= 4 is 11.6 Å². The molecule has 0 unspecified atom stereocenters. The third-order valence-corrected chi connectivity index (χ3v) is 5.04. The molecule has 0 aliphatic heterocycles. The molecule has 1 aliphatic carbocycles. The van der Waals surface area contributed by atoms with E-state index in [0.29, 0.717) is 17.4 Å². The zero-order chi connectivity index (χ0) is 22.3. The summed E-state index contributed by atoms with van der Waals surface area (Å²) in [6.45, 7) is 0. The van der Waals surface area contributed by atoms with Crippen LogP contribution in [0.1, 0.15) is 35.1 Å². The van der Waals surface area contributed by atoms with Gasteiger partial charge in [-0.15, -0.1) is 10.2 Å². The maximum absolute atomic E-state index is 12.8. The Morgan fingerprint density at radius 3 is 2.69 bits per heavy atom. The highest BCUT2D eigenvalue weighted by Crippen LogP contribution is 2.37. The molecular formula is C21H16F3N7O. The second-order valence-corrected chi connectivity index (χ2v) is 7.39. The third kappa shape index (κ3) is 3.96. The van der Waals surface area contributed by atoms with Gasteiger partial charge >= 0.3 is 6.18 Å². The average molecular weight is 439 g/mol. The van der Waals surface area contributed by atoms with E-state index in [4.69, 9.17) is 0 Å². The standard InChI is InChI=1S/C21H16F3N7O/c22-21(23,24)18-10-30(11-26-18)16-6-7-25-17(9-16)20(32)28-14-3-1-2-13(8-14)19-29-27-12-31(19)15-4-5-15/h1-3,6-12,15H,4-5H2,(H,28,32). The van der Waals surface area contributed by atoms with E-state index in [1.807, 2.05) is 10.6 Å². The molecule has 3 heterocycles. The summed E-state index contributed by atoms with van der Waals surface area (Å²) in [5.74, 6) is 0.230. The minimum absolute atomic E-state index is 0.0521. The van der Waals surface area contributed by atoms with Crippen LogP contribution in [0.25, 0.3) is 17.1 Å². The Labute approximate surface area is 179 Å². The van der Waals surface area contributed by atoms with Crippen LogP contribution in [0.3, 0.4) is 0 Å². The van der Waals surface area contributed by atoms with Gasteiger partial charge in [-0.3, -0.25) is 9.78 Å². The van der Waals surface area contributed by atoms with Crippen LogP contribution in [0, 0.1) is 0 Å². The number of amides is 1. The molecule has 5 rings (SSSR count).